The third-order valence-electron chi connectivity index (χ3n) is 4.62. The first kappa shape index (κ1) is 22.6. The Morgan fingerprint density at radius 1 is 1.13 bits per heavy atom. The van der Waals surface area contributed by atoms with Gasteiger partial charge in [-0.1, -0.05) is 56.8 Å². The number of anilines is 1. The number of thioether (sulfide) groups is 1. The monoisotopic (exact) mass is 454 g/mol. The summed E-state index contributed by atoms with van der Waals surface area (Å²) in [6.07, 6.45) is 1.75. The fourth-order valence-corrected chi connectivity index (χ4v) is 4.37. The zero-order valence-electron chi connectivity index (χ0n) is 17.6. The van der Waals surface area contributed by atoms with Crippen molar-refractivity contribution in [1.82, 2.24) is 9.97 Å². The molecule has 7 nitrogen and oxygen atoms in total. The van der Waals surface area contributed by atoms with Crippen molar-refractivity contribution in [3.8, 4) is 17.3 Å². The van der Waals surface area contributed by atoms with Crippen molar-refractivity contribution in [2.45, 2.75) is 36.2 Å². The van der Waals surface area contributed by atoms with Gasteiger partial charge in [-0.2, -0.15) is 5.26 Å². The van der Waals surface area contributed by atoms with Crippen LogP contribution in [0, 0.1) is 11.3 Å². The van der Waals surface area contributed by atoms with Gasteiger partial charge in [0.15, 0.2) is 5.16 Å². The lowest BCUT2D eigenvalue weighted by Crippen LogP contribution is -2.15. The molecule has 0 unspecified atom stereocenters. The average molecular weight is 455 g/mol. The van der Waals surface area contributed by atoms with Crippen molar-refractivity contribution in [3.05, 3.63) is 70.0 Å². The molecule has 2 N–H and O–H groups in total. The van der Waals surface area contributed by atoms with E-state index in [0.29, 0.717) is 16.4 Å². The summed E-state index contributed by atoms with van der Waals surface area (Å²) >= 11 is 1.24. The fourth-order valence-electron chi connectivity index (χ4n) is 2.94. The summed E-state index contributed by atoms with van der Waals surface area (Å²) < 4.78 is 28.3. The molecule has 31 heavy (non-hydrogen) atoms. The summed E-state index contributed by atoms with van der Waals surface area (Å²) in [5.41, 5.74) is 1.24. The van der Waals surface area contributed by atoms with Gasteiger partial charge in [0, 0.05) is 11.3 Å². The summed E-state index contributed by atoms with van der Waals surface area (Å²) in [5.74, 6) is 0. The number of H-pyrrole nitrogens is 1. The second-order valence-corrected chi connectivity index (χ2v) is 10.3. The molecule has 0 fully saturated rings. The van der Waals surface area contributed by atoms with Gasteiger partial charge in [0.05, 0.1) is 10.6 Å². The van der Waals surface area contributed by atoms with E-state index in [9.17, 15) is 18.5 Å². The predicted molar refractivity (Wildman–Crippen MR) is 123 cm³/mol. The molecule has 0 atom stereocenters. The first-order valence-electron chi connectivity index (χ1n) is 9.37. The van der Waals surface area contributed by atoms with Crippen LogP contribution in [0.1, 0.15) is 31.9 Å². The van der Waals surface area contributed by atoms with Crippen LogP contribution < -0.4 is 10.3 Å². The molecule has 160 valence electrons. The molecule has 0 radical (unpaired) electrons. The Kier molecular flexibility index (Phi) is 6.25. The first-order chi connectivity index (χ1) is 14.5. The highest BCUT2D eigenvalue weighted by Gasteiger charge is 2.19. The van der Waals surface area contributed by atoms with Gasteiger partial charge in [0.25, 0.3) is 15.6 Å². The maximum Gasteiger partial charge on any atom is 0.270 e. The molecule has 0 aliphatic rings. The Bertz CT molecular complexity index is 1320. The molecule has 0 saturated carbocycles. The molecule has 1 aromatic heterocycles. The van der Waals surface area contributed by atoms with E-state index in [4.69, 9.17) is 0 Å². The Morgan fingerprint density at radius 3 is 2.39 bits per heavy atom. The van der Waals surface area contributed by atoms with E-state index in [1.807, 2.05) is 6.07 Å². The van der Waals surface area contributed by atoms with Crippen LogP contribution in [0.15, 0.2) is 63.4 Å². The Morgan fingerprint density at radius 2 is 1.81 bits per heavy atom. The maximum atomic E-state index is 12.9. The predicted octanol–water partition coefficient (Wildman–Crippen LogP) is 4.13. The third-order valence-corrected chi connectivity index (χ3v) is 6.60. The normalized spacial score (nSPS) is 11.7. The number of nitrogens with zero attached hydrogens (tertiary/aromatic N) is 2. The van der Waals surface area contributed by atoms with Crippen molar-refractivity contribution < 1.29 is 8.42 Å². The van der Waals surface area contributed by atoms with E-state index >= 15 is 0 Å². The van der Waals surface area contributed by atoms with Gasteiger partial charge in [0.2, 0.25) is 0 Å². The smallest absolute Gasteiger partial charge is 0.270 e. The lowest BCUT2D eigenvalue weighted by molar-refractivity contribution is 0.587. The number of nitriles is 1. The SMILES string of the molecule is CSc1nc(-c2cccc(NS(=O)(=O)c3ccc(C(C)(C)C)cc3)c2)c(C#N)c(=O)[nH]1. The molecule has 2 aromatic carbocycles. The summed E-state index contributed by atoms with van der Waals surface area (Å²) in [5, 5.41) is 9.74. The number of rotatable bonds is 5. The van der Waals surface area contributed by atoms with Crippen LogP contribution in [-0.2, 0) is 15.4 Å². The zero-order chi connectivity index (χ0) is 22.8. The van der Waals surface area contributed by atoms with E-state index in [1.54, 1.807) is 54.8 Å². The summed E-state index contributed by atoms with van der Waals surface area (Å²) in [7, 11) is -3.82. The van der Waals surface area contributed by atoms with E-state index in [1.165, 1.54) is 11.8 Å². The summed E-state index contributed by atoms with van der Waals surface area (Å²) in [4.78, 5) is 19.2. The van der Waals surface area contributed by atoms with Gasteiger partial charge in [-0.3, -0.25) is 9.52 Å². The molecular formula is C22H22N4O3S2. The highest BCUT2D eigenvalue weighted by atomic mass is 32.2. The van der Waals surface area contributed by atoms with E-state index in [2.05, 4.69) is 35.5 Å². The Labute approximate surface area is 185 Å². The molecule has 0 saturated heterocycles. The van der Waals surface area contributed by atoms with Gasteiger partial charge >= 0.3 is 0 Å². The van der Waals surface area contributed by atoms with Gasteiger partial charge in [-0.05, 0) is 41.5 Å². The second kappa shape index (κ2) is 8.57. The van der Waals surface area contributed by atoms with Crippen molar-refractivity contribution in [3.63, 3.8) is 0 Å². The van der Waals surface area contributed by atoms with Gasteiger partial charge in [-0.25, -0.2) is 13.4 Å². The molecule has 0 bridgehead atoms. The highest BCUT2D eigenvalue weighted by Crippen LogP contribution is 2.27. The minimum absolute atomic E-state index is 0.0847. The number of aromatic amines is 1. The van der Waals surface area contributed by atoms with Crippen LogP contribution >= 0.6 is 11.8 Å². The molecule has 0 aliphatic carbocycles. The van der Waals surface area contributed by atoms with Crippen LogP contribution in [0.4, 0.5) is 5.69 Å². The van der Waals surface area contributed by atoms with E-state index in [0.717, 1.165) is 5.56 Å². The largest absolute Gasteiger partial charge is 0.300 e. The van der Waals surface area contributed by atoms with Crippen molar-refractivity contribution in [2.24, 2.45) is 0 Å². The fraction of sp³-hybridized carbons (Fsp3) is 0.227. The quantitative estimate of drug-likeness (QED) is 0.442. The number of nitrogens with one attached hydrogen (secondary N) is 2. The lowest BCUT2D eigenvalue weighted by atomic mass is 9.87. The van der Waals surface area contributed by atoms with Crippen LogP contribution in [0.5, 0.6) is 0 Å². The number of hydrogen-bond donors (Lipinski definition) is 2. The molecule has 3 rings (SSSR count). The number of aromatic nitrogens is 2. The second-order valence-electron chi connectivity index (χ2n) is 7.87. The molecule has 0 amide bonds. The number of hydrogen-bond acceptors (Lipinski definition) is 6. The van der Waals surface area contributed by atoms with Crippen LogP contribution in [0.2, 0.25) is 0 Å². The van der Waals surface area contributed by atoms with Crippen molar-refractivity contribution in [1.29, 1.82) is 5.26 Å². The van der Waals surface area contributed by atoms with Crippen molar-refractivity contribution in [2.75, 3.05) is 11.0 Å². The molecular weight excluding hydrogens is 432 g/mol. The number of benzene rings is 2. The topological polar surface area (TPSA) is 116 Å². The van der Waals surface area contributed by atoms with Crippen molar-refractivity contribution >= 4 is 27.5 Å². The highest BCUT2D eigenvalue weighted by molar-refractivity contribution is 7.98. The lowest BCUT2D eigenvalue weighted by Gasteiger charge is -2.19. The maximum absolute atomic E-state index is 12.9. The minimum Gasteiger partial charge on any atom is -0.300 e. The third kappa shape index (κ3) is 4.98. The molecule has 0 spiro atoms. The number of sulfonamides is 1. The Balaban J connectivity index is 1.97. The molecule has 1 heterocycles. The van der Waals surface area contributed by atoms with E-state index < -0.39 is 15.6 Å². The average Bonchev–Trinajstić information content (AvgIpc) is 2.72. The molecule has 9 heteroatoms. The first-order valence-corrected chi connectivity index (χ1v) is 12.1. The van der Waals surface area contributed by atoms with Crippen LogP contribution in [-0.4, -0.2) is 24.6 Å². The van der Waals surface area contributed by atoms with Crippen LogP contribution in [0.3, 0.4) is 0 Å². The van der Waals surface area contributed by atoms with Crippen LogP contribution in [0.25, 0.3) is 11.3 Å². The van der Waals surface area contributed by atoms with Gasteiger partial charge < -0.3 is 4.98 Å². The molecule has 0 aliphatic heterocycles. The summed E-state index contributed by atoms with van der Waals surface area (Å²) in [6.45, 7) is 6.17. The standard InChI is InChI=1S/C22H22N4O3S2/c1-22(2,3)15-8-10-17(11-9-15)31(28,29)26-16-7-5-6-14(12-16)19-18(13-23)20(27)25-21(24-19)30-4/h5-12,26H,1-4H3,(H,24,25,27). The zero-order valence-corrected chi connectivity index (χ0v) is 19.2. The van der Waals surface area contributed by atoms with E-state index in [-0.39, 0.29) is 21.6 Å². The molecule has 3 aromatic rings. The van der Waals surface area contributed by atoms with Gasteiger partial charge in [-0.15, -0.1) is 0 Å². The minimum atomic E-state index is -3.82. The van der Waals surface area contributed by atoms with Gasteiger partial charge in [0.1, 0.15) is 11.6 Å². The summed E-state index contributed by atoms with van der Waals surface area (Å²) in [6, 6.07) is 15.1. The Hall–Kier alpha value is -3.09.